The minimum atomic E-state index is -0.479. The number of nitriles is 2. The molecule has 3 aromatic rings. The minimum Gasteiger partial charge on any atom is -0.318 e. The van der Waals surface area contributed by atoms with Gasteiger partial charge in [-0.3, -0.25) is 4.79 Å². The smallest absolute Gasteiger partial charge is 0.266 e. The van der Waals surface area contributed by atoms with Gasteiger partial charge < -0.3 is 9.88 Å². The number of nitrogens with zero attached hydrogens (tertiary/aromatic N) is 3. The van der Waals surface area contributed by atoms with E-state index in [-0.39, 0.29) is 5.57 Å². The topological polar surface area (TPSA) is 81.6 Å². The van der Waals surface area contributed by atoms with E-state index in [2.05, 4.69) is 53.2 Å². The van der Waals surface area contributed by atoms with Crippen LogP contribution < -0.4 is 5.32 Å². The Bertz CT molecular complexity index is 1360. The highest BCUT2D eigenvalue weighted by Crippen LogP contribution is 2.37. The molecular weight excluding hydrogens is 452 g/mol. The molecule has 1 aromatic carbocycles. The molecule has 1 aliphatic carbocycles. The third-order valence-corrected chi connectivity index (χ3v) is 7.87. The number of thiophene rings is 1. The first-order chi connectivity index (χ1) is 17.0. The van der Waals surface area contributed by atoms with E-state index in [9.17, 15) is 15.3 Å². The Kier molecular flexibility index (Phi) is 7.54. The second-order valence-corrected chi connectivity index (χ2v) is 10.2. The van der Waals surface area contributed by atoms with Crippen LogP contribution in [0.15, 0.2) is 35.9 Å². The Morgan fingerprint density at radius 1 is 1.17 bits per heavy atom. The maximum Gasteiger partial charge on any atom is 0.266 e. The molecule has 1 amide bonds. The van der Waals surface area contributed by atoms with E-state index in [1.54, 1.807) is 6.08 Å². The normalized spacial score (nSPS) is 13.1. The monoisotopic (exact) mass is 482 g/mol. The molecule has 0 saturated heterocycles. The largest absolute Gasteiger partial charge is 0.318 e. The Morgan fingerprint density at radius 2 is 1.91 bits per heavy atom. The van der Waals surface area contributed by atoms with Crippen LogP contribution in [-0.4, -0.2) is 10.5 Å². The number of carbonyl (C=O) groups is 1. The highest BCUT2D eigenvalue weighted by atomic mass is 32.1. The second-order valence-electron chi connectivity index (χ2n) is 9.08. The Hall–Kier alpha value is -3.61. The van der Waals surface area contributed by atoms with Crippen molar-refractivity contribution in [3.8, 4) is 17.8 Å². The van der Waals surface area contributed by atoms with Crippen LogP contribution in [0.1, 0.15) is 71.1 Å². The summed E-state index contributed by atoms with van der Waals surface area (Å²) in [4.78, 5) is 14.2. The van der Waals surface area contributed by atoms with E-state index in [0.29, 0.717) is 10.6 Å². The Balaban J connectivity index is 1.59. The molecule has 0 atom stereocenters. The van der Waals surface area contributed by atoms with E-state index < -0.39 is 5.91 Å². The molecule has 1 N–H and O–H groups in total. The third-order valence-electron chi connectivity index (χ3n) is 6.66. The summed E-state index contributed by atoms with van der Waals surface area (Å²) in [6.07, 6.45) is 9.05. The number of hydrogen-bond acceptors (Lipinski definition) is 4. The minimum absolute atomic E-state index is 0.0235. The van der Waals surface area contributed by atoms with Crippen molar-refractivity contribution in [2.45, 2.75) is 65.7 Å². The fourth-order valence-electron chi connectivity index (χ4n) is 4.77. The number of nitrogens with one attached hydrogen (secondary N) is 1. The van der Waals surface area contributed by atoms with Crippen LogP contribution in [0.3, 0.4) is 0 Å². The van der Waals surface area contributed by atoms with Crippen LogP contribution >= 0.6 is 11.3 Å². The number of benzene rings is 1. The molecule has 0 saturated carbocycles. The average molecular weight is 483 g/mol. The number of aromatic nitrogens is 1. The number of rotatable bonds is 7. The van der Waals surface area contributed by atoms with Gasteiger partial charge in [0.15, 0.2) is 0 Å². The van der Waals surface area contributed by atoms with E-state index in [4.69, 9.17) is 0 Å². The SMILES string of the molecule is CCCCc1ccc(-n2c(C)cc(/C=C(\C#N)C(=O)Nc3sc4c(c3C#N)CCCC4)c2C)cc1. The van der Waals surface area contributed by atoms with Gasteiger partial charge in [0.2, 0.25) is 0 Å². The second kappa shape index (κ2) is 10.8. The lowest BCUT2D eigenvalue weighted by Crippen LogP contribution is -2.13. The van der Waals surface area contributed by atoms with Crippen molar-refractivity contribution in [1.82, 2.24) is 4.57 Å². The van der Waals surface area contributed by atoms with Crippen molar-refractivity contribution < 1.29 is 4.79 Å². The third kappa shape index (κ3) is 5.09. The molecule has 0 spiro atoms. The maximum atomic E-state index is 13.0. The lowest BCUT2D eigenvalue weighted by atomic mass is 9.96. The summed E-state index contributed by atoms with van der Waals surface area (Å²) in [6, 6.07) is 14.9. The number of hydrogen-bond donors (Lipinski definition) is 1. The van der Waals surface area contributed by atoms with Crippen molar-refractivity contribution in [2.75, 3.05) is 5.32 Å². The highest BCUT2D eigenvalue weighted by Gasteiger charge is 2.23. The average Bonchev–Trinajstić information content (AvgIpc) is 3.36. The number of aryl methyl sites for hydroxylation is 3. The van der Waals surface area contributed by atoms with Gasteiger partial charge >= 0.3 is 0 Å². The standard InChI is InChI=1S/C29H30N4OS/c1-4-5-8-21-11-13-24(14-12-21)33-19(2)15-22(20(33)3)16-23(17-30)28(34)32-29-26(18-31)25-9-6-7-10-27(25)35-29/h11-16H,4-10H2,1-3H3,(H,32,34)/b23-16+. The summed E-state index contributed by atoms with van der Waals surface area (Å²) >= 11 is 1.47. The maximum absolute atomic E-state index is 13.0. The quantitative estimate of drug-likeness (QED) is 0.297. The summed E-state index contributed by atoms with van der Waals surface area (Å²) in [6.45, 7) is 6.22. The van der Waals surface area contributed by atoms with Gasteiger partial charge in [-0.2, -0.15) is 10.5 Å². The summed E-state index contributed by atoms with van der Waals surface area (Å²) in [7, 11) is 0. The molecule has 1 aliphatic rings. The molecule has 5 nitrogen and oxygen atoms in total. The zero-order chi connectivity index (χ0) is 24.9. The molecule has 0 aliphatic heterocycles. The van der Waals surface area contributed by atoms with E-state index in [1.807, 2.05) is 19.9 Å². The van der Waals surface area contributed by atoms with E-state index in [0.717, 1.165) is 60.3 Å². The molecule has 0 bridgehead atoms. The fraction of sp³-hybridized carbons (Fsp3) is 0.345. The molecule has 0 unspecified atom stereocenters. The molecule has 0 fully saturated rings. The summed E-state index contributed by atoms with van der Waals surface area (Å²) in [5.74, 6) is -0.479. The molecule has 4 rings (SSSR count). The van der Waals surface area contributed by atoms with Gasteiger partial charge in [-0.05, 0) is 93.3 Å². The lowest BCUT2D eigenvalue weighted by Gasteiger charge is -2.11. The number of anilines is 1. The van der Waals surface area contributed by atoms with Crippen LogP contribution in [0, 0.1) is 36.5 Å². The van der Waals surface area contributed by atoms with Crippen LogP contribution in [-0.2, 0) is 24.1 Å². The zero-order valence-corrected chi connectivity index (χ0v) is 21.4. The molecule has 35 heavy (non-hydrogen) atoms. The van der Waals surface area contributed by atoms with Crippen molar-refractivity contribution in [3.63, 3.8) is 0 Å². The van der Waals surface area contributed by atoms with Gasteiger partial charge in [0.25, 0.3) is 5.91 Å². The van der Waals surface area contributed by atoms with Gasteiger partial charge in [-0.15, -0.1) is 11.3 Å². The van der Waals surface area contributed by atoms with Crippen molar-refractivity contribution >= 4 is 28.3 Å². The number of unbranched alkanes of at least 4 members (excludes halogenated alkanes) is 1. The van der Waals surface area contributed by atoms with Gasteiger partial charge in [0.1, 0.15) is 22.7 Å². The molecular formula is C29H30N4OS. The summed E-state index contributed by atoms with van der Waals surface area (Å²) in [5, 5.41) is 22.8. The van der Waals surface area contributed by atoms with Crippen LogP contribution in [0.5, 0.6) is 0 Å². The zero-order valence-electron chi connectivity index (χ0n) is 20.6. The van der Waals surface area contributed by atoms with E-state index >= 15 is 0 Å². The van der Waals surface area contributed by atoms with Crippen LogP contribution in [0.4, 0.5) is 5.00 Å². The molecule has 0 radical (unpaired) electrons. The van der Waals surface area contributed by atoms with Crippen LogP contribution in [0.25, 0.3) is 11.8 Å². The Labute approximate surface area is 211 Å². The van der Waals surface area contributed by atoms with Crippen molar-refractivity contribution in [1.29, 1.82) is 10.5 Å². The first-order valence-corrected chi connectivity index (χ1v) is 13.0. The summed E-state index contributed by atoms with van der Waals surface area (Å²) in [5.41, 5.74) is 6.85. The Morgan fingerprint density at radius 3 is 2.60 bits per heavy atom. The summed E-state index contributed by atoms with van der Waals surface area (Å²) < 4.78 is 2.14. The van der Waals surface area contributed by atoms with Gasteiger partial charge in [0, 0.05) is 22.0 Å². The molecule has 6 heteroatoms. The van der Waals surface area contributed by atoms with Gasteiger partial charge in [-0.25, -0.2) is 0 Å². The highest BCUT2D eigenvalue weighted by molar-refractivity contribution is 7.16. The number of amides is 1. The first kappa shape index (κ1) is 24.5. The van der Waals surface area contributed by atoms with Crippen LogP contribution in [0.2, 0.25) is 0 Å². The number of fused-ring (bicyclic) bond motifs is 1. The fourth-order valence-corrected chi connectivity index (χ4v) is 6.01. The van der Waals surface area contributed by atoms with Gasteiger partial charge in [0.05, 0.1) is 5.56 Å². The lowest BCUT2D eigenvalue weighted by molar-refractivity contribution is -0.112. The van der Waals surface area contributed by atoms with Crippen molar-refractivity contribution in [2.24, 2.45) is 0 Å². The first-order valence-electron chi connectivity index (χ1n) is 12.2. The number of carbonyl (C=O) groups excluding carboxylic acids is 1. The molecule has 2 heterocycles. The predicted octanol–water partition coefficient (Wildman–Crippen LogP) is 6.79. The molecule has 2 aromatic heterocycles. The van der Waals surface area contributed by atoms with E-state index in [1.165, 1.54) is 34.6 Å². The molecule has 178 valence electrons. The van der Waals surface area contributed by atoms with Gasteiger partial charge in [-0.1, -0.05) is 25.5 Å². The predicted molar refractivity (Wildman–Crippen MR) is 142 cm³/mol. The van der Waals surface area contributed by atoms with Crippen molar-refractivity contribution in [3.05, 3.63) is 74.4 Å².